The number of nitrogens with zero attached hydrogens (tertiary/aromatic N) is 1. The molecule has 0 aliphatic carbocycles. The molecule has 3 heteroatoms. The normalized spacial score (nSPS) is 13.4. The second-order valence-corrected chi connectivity index (χ2v) is 15.9. The van der Waals surface area contributed by atoms with E-state index in [4.69, 9.17) is 6.42 Å². The summed E-state index contributed by atoms with van der Waals surface area (Å²) in [5.41, 5.74) is 4.80. The van der Waals surface area contributed by atoms with Gasteiger partial charge in [-0.3, -0.25) is 0 Å². The van der Waals surface area contributed by atoms with Gasteiger partial charge >= 0.3 is 0 Å². The first-order valence-corrected chi connectivity index (χ1v) is 14.2. The number of rotatable bonds is 6. The van der Waals surface area contributed by atoms with Gasteiger partial charge in [0, 0.05) is 17.1 Å². The van der Waals surface area contributed by atoms with Crippen molar-refractivity contribution < 1.29 is 4.39 Å². The molecule has 0 saturated heterocycles. The average Bonchev–Trinajstić information content (AvgIpc) is 3.12. The SMILES string of the molecule is C#C[C@H](c1cccc2ccccc12)c1cn([Si](C(C)C)(C(C)C)C(C)C)c2ccc(F)cc12. The predicted molar refractivity (Wildman–Crippen MR) is 143 cm³/mol. The van der Waals surface area contributed by atoms with E-state index in [1.54, 1.807) is 12.1 Å². The summed E-state index contributed by atoms with van der Waals surface area (Å²) in [5.74, 6) is 2.60. The first kappa shape index (κ1) is 23.3. The average molecular weight is 456 g/mol. The molecule has 0 bridgehead atoms. The lowest BCUT2D eigenvalue weighted by atomic mass is 9.88. The molecule has 3 aromatic carbocycles. The summed E-state index contributed by atoms with van der Waals surface area (Å²) in [5, 5.41) is 3.26. The molecule has 4 rings (SSSR count). The van der Waals surface area contributed by atoms with Crippen molar-refractivity contribution in [2.75, 3.05) is 0 Å². The van der Waals surface area contributed by atoms with E-state index in [-0.39, 0.29) is 11.7 Å². The van der Waals surface area contributed by atoms with Crippen LogP contribution in [0.3, 0.4) is 0 Å². The third-order valence-electron chi connectivity index (χ3n) is 7.60. The van der Waals surface area contributed by atoms with Crippen LogP contribution in [0.2, 0.25) is 16.6 Å². The van der Waals surface area contributed by atoms with Crippen LogP contribution in [-0.4, -0.2) is 12.5 Å². The van der Waals surface area contributed by atoms with Gasteiger partial charge in [0.2, 0.25) is 0 Å². The van der Waals surface area contributed by atoms with E-state index in [1.807, 2.05) is 12.1 Å². The highest BCUT2D eigenvalue weighted by molar-refractivity contribution is 6.82. The first-order valence-electron chi connectivity index (χ1n) is 12.0. The number of terminal acetylenes is 1. The first-order chi connectivity index (χ1) is 15.7. The summed E-state index contributed by atoms with van der Waals surface area (Å²) >= 11 is 0. The molecule has 1 nitrogen and oxygen atoms in total. The van der Waals surface area contributed by atoms with Gasteiger partial charge in [-0.1, -0.05) is 89.9 Å². The fourth-order valence-electron chi connectivity index (χ4n) is 6.46. The summed E-state index contributed by atoms with van der Waals surface area (Å²) in [7, 11) is -2.05. The molecule has 4 aromatic rings. The summed E-state index contributed by atoms with van der Waals surface area (Å²) < 4.78 is 17.1. The lowest BCUT2D eigenvalue weighted by molar-refractivity contribution is 0.629. The number of hydrogen-bond donors (Lipinski definition) is 0. The smallest absolute Gasteiger partial charge is 0.169 e. The maximum Gasteiger partial charge on any atom is 0.169 e. The van der Waals surface area contributed by atoms with Gasteiger partial charge < -0.3 is 4.23 Å². The molecule has 0 fully saturated rings. The minimum absolute atomic E-state index is 0.221. The zero-order valence-electron chi connectivity index (χ0n) is 20.6. The van der Waals surface area contributed by atoms with Crippen LogP contribution in [0.5, 0.6) is 0 Å². The van der Waals surface area contributed by atoms with Crippen LogP contribution in [0.4, 0.5) is 4.39 Å². The van der Waals surface area contributed by atoms with E-state index in [9.17, 15) is 4.39 Å². The Hall–Kier alpha value is -2.83. The van der Waals surface area contributed by atoms with Crippen molar-refractivity contribution in [2.24, 2.45) is 0 Å². The zero-order chi connectivity index (χ0) is 23.9. The Labute approximate surface area is 198 Å². The Morgan fingerprint density at radius 3 is 2.06 bits per heavy atom. The minimum Gasteiger partial charge on any atom is -0.373 e. The van der Waals surface area contributed by atoms with Crippen molar-refractivity contribution in [3.8, 4) is 12.3 Å². The quantitative estimate of drug-likeness (QED) is 0.202. The zero-order valence-corrected chi connectivity index (χ0v) is 21.6. The lowest BCUT2D eigenvalue weighted by Crippen LogP contribution is -2.51. The topological polar surface area (TPSA) is 4.93 Å². The van der Waals surface area contributed by atoms with E-state index in [1.165, 1.54) is 5.39 Å². The van der Waals surface area contributed by atoms with Crippen LogP contribution in [0.25, 0.3) is 21.7 Å². The molecular formula is C30H34FNSi. The van der Waals surface area contributed by atoms with Gasteiger partial charge in [-0.2, -0.15) is 0 Å². The second-order valence-electron chi connectivity index (χ2n) is 10.1. The highest BCUT2D eigenvalue weighted by Gasteiger charge is 2.46. The Morgan fingerprint density at radius 2 is 1.42 bits per heavy atom. The molecule has 0 N–H and O–H groups in total. The highest BCUT2D eigenvalue weighted by atomic mass is 28.3. The van der Waals surface area contributed by atoms with Crippen LogP contribution >= 0.6 is 0 Å². The molecule has 0 aliphatic heterocycles. The van der Waals surface area contributed by atoms with Gasteiger partial charge in [-0.15, -0.1) is 6.42 Å². The molecule has 1 aromatic heterocycles. The van der Waals surface area contributed by atoms with E-state index in [0.29, 0.717) is 16.6 Å². The molecule has 0 saturated carbocycles. The number of fused-ring (bicyclic) bond motifs is 2. The maximum absolute atomic E-state index is 14.6. The molecule has 33 heavy (non-hydrogen) atoms. The van der Waals surface area contributed by atoms with Gasteiger partial charge in [0.25, 0.3) is 0 Å². The summed E-state index contributed by atoms with van der Waals surface area (Å²) in [4.78, 5) is 0. The van der Waals surface area contributed by atoms with E-state index >= 15 is 0 Å². The van der Waals surface area contributed by atoms with Crippen molar-refractivity contribution in [3.05, 3.63) is 83.8 Å². The molecular weight excluding hydrogens is 421 g/mol. The maximum atomic E-state index is 14.6. The summed E-state index contributed by atoms with van der Waals surface area (Å²) in [6.07, 6.45) is 8.49. The molecule has 170 valence electrons. The van der Waals surface area contributed by atoms with Gasteiger partial charge in [-0.05, 0) is 56.7 Å². The molecule has 0 radical (unpaired) electrons. The summed E-state index contributed by atoms with van der Waals surface area (Å²) in [6, 6.07) is 19.9. The number of benzene rings is 3. The van der Waals surface area contributed by atoms with Crippen molar-refractivity contribution in [2.45, 2.75) is 64.1 Å². The minimum atomic E-state index is -2.05. The third kappa shape index (κ3) is 3.61. The van der Waals surface area contributed by atoms with Gasteiger partial charge in [-0.25, -0.2) is 4.39 Å². The van der Waals surface area contributed by atoms with Crippen LogP contribution in [0.15, 0.2) is 66.9 Å². The van der Waals surface area contributed by atoms with Crippen molar-refractivity contribution in [1.82, 2.24) is 4.23 Å². The molecule has 0 spiro atoms. The summed E-state index contributed by atoms with van der Waals surface area (Å²) in [6.45, 7) is 14.1. The second kappa shape index (κ2) is 8.84. The van der Waals surface area contributed by atoms with E-state index in [0.717, 1.165) is 27.4 Å². The Morgan fingerprint density at radius 1 is 0.788 bits per heavy atom. The Balaban J connectivity index is 2.07. The van der Waals surface area contributed by atoms with E-state index in [2.05, 4.69) is 94.3 Å². The highest BCUT2D eigenvalue weighted by Crippen LogP contribution is 2.46. The molecule has 0 amide bonds. The fraction of sp³-hybridized carbons (Fsp3) is 0.333. The van der Waals surface area contributed by atoms with Gasteiger partial charge in [0.1, 0.15) is 5.82 Å². The Kier molecular flexibility index (Phi) is 6.25. The molecule has 1 atom stereocenters. The number of halogens is 1. The molecule has 0 aliphatic rings. The Bertz CT molecular complexity index is 1310. The largest absolute Gasteiger partial charge is 0.373 e. The predicted octanol–water partition coefficient (Wildman–Crippen LogP) is 8.72. The molecule has 0 unspecified atom stereocenters. The van der Waals surface area contributed by atoms with Crippen molar-refractivity contribution in [3.63, 3.8) is 0 Å². The van der Waals surface area contributed by atoms with E-state index < -0.39 is 8.24 Å². The van der Waals surface area contributed by atoms with Crippen LogP contribution in [0.1, 0.15) is 58.6 Å². The number of aromatic nitrogens is 1. The fourth-order valence-corrected chi connectivity index (χ4v) is 13.1. The monoisotopic (exact) mass is 455 g/mol. The lowest BCUT2D eigenvalue weighted by Gasteiger charge is -2.44. The van der Waals surface area contributed by atoms with Crippen molar-refractivity contribution >= 4 is 29.9 Å². The van der Waals surface area contributed by atoms with Gasteiger partial charge in [0.15, 0.2) is 8.24 Å². The molecule has 1 heterocycles. The number of hydrogen-bond acceptors (Lipinski definition) is 0. The third-order valence-corrected chi connectivity index (χ3v) is 14.4. The van der Waals surface area contributed by atoms with Crippen LogP contribution in [0, 0.1) is 18.2 Å². The van der Waals surface area contributed by atoms with Crippen LogP contribution in [-0.2, 0) is 0 Å². The van der Waals surface area contributed by atoms with Crippen molar-refractivity contribution in [1.29, 1.82) is 0 Å². The van der Waals surface area contributed by atoms with Crippen LogP contribution < -0.4 is 0 Å². The standard InChI is InChI=1S/C30H34FNSi/c1-8-25(27-15-11-13-23-12-9-10-14-26(23)27)29-19-32(30-17-16-24(31)18-28(29)30)33(20(2)3,21(4)5)22(6)7/h1,9-22,25H,2-7H3/t25-/m1/s1. The van der Waals surface area contributed by atoms with Gasteiger partial charge in [0.05, 0.1) is 5.92 Å².